The Bertz CT molecular complexity index is 476. The van der Waals surface area contributed by atoms with Crippen molar-refractivity contribution in [2.45, 2.75) is 13.8 Å². The summed E-state index contributed by atoms with van der Waals surface area (Å²) in [6.07, 6.45) is 0. The van der Waals surface area contributed by atoms with Crippen molar-refractivity contribution in [3.05, 3.63) is 28.9 Å². The van der Waals surface area contributed by atoms with E-state index in [1.807, 2.05) is 20.0 Å². The van der Waals surface area contributed by atoms with Crippen LogP contribution >= 0.6 is 11.3 Å². The summed E-state index contributed by atoms with van der Waals surface area (Å²) in [5, 5.41) is 3.04. The highest BCUT2D eigenvalue weighted by Gasteiger charge is 2.05. The monoisotopic (exact) mass is 219 g/mol. The minimum absolute atomic E-state index is 0.794. The van der Waals surface area contributed by atoms with Crippen molar-refractivity contribution in [2.75, 3.05) is 12.4 Å². The minimum atomic E-state index is 0.794. The van der Waals surface area contributed by atoms with Crippen molar-refractivity contribution in [3.63, 3.8) is 0 Å². The Morgan fingerprint density at radius 3 is 2.60 bits per heavy atom. The fourth-order valence-electron chi connectivity index (χ4n) is 1.39. The van der Waals surface area contributed by atoms with Crippen LogP contribution in [0.4, 0.5) is 5.82 Å². The second-order valence-corrected chi connectivity index (χ2v) is 4.63. The smallest absolute Gasteiger partial charge is 0.130 e. The van der Waals surface area contributed by atoms with Gasteiger partial charge in [-0.3, -0.25) is 0 Å². The second-order valence-electron chi connectivity index (χ2n) is 3.35. The summed E-state index contributed by atoms with van der Waals surface area (Å²) in [7, 11) is 1.87. The molecule has 0 amide bonds. The molecule has 0 aliphatic carbocycles. The Morgan fingerprint density at radius 2 is 2.00 bits per heavy atom. The normalized spacial score (nSPS) is 10.3. The van der Waals surface area contributed by atoms with Gasteiger partial charge in [-0.25, -0.2) is 9.97 Å². The number of rotatable bonds is 2. The van der Waals surface area contributed by atoms with E-state index in [1.165, 1.54) is 9.75 Å². The summed E-state index contributed by atoms with van der Waals surface area (Å²) in [4.78, 5) is 11.2. The zero-order chi connectivity index (χ0) is 10.8. The van der Waals surface area contributed by atoms with E-state index >= 15 is 0 Å². The van der Waals surface area contributed by atoms with Crippen LogP contribution in [0.5, 0.6) is 0 Å². The van der Waals surface area contributed by atoms with Gasteiger partial charge in [0.15, 0.2) is 0 Å². The summed E-state index contributed by atoms with van der Waals surface area (Å²) in [5.41, 5.74) is 0.991. The number of thiophene rings is 1. The van der Waals surface area contributed by atoms with Crippen LogP contribution in [0.25, 0.3) is 10.6 Å². The van der Waals surface area contributed by atoms with E-state index in [4.69, 9.17) is 0 Å². The van der Waals surface area contributed by atoms with Crippen LogP contribution < -0.4 is 5.32 Å². The third kappa shape index (κ3) is 2.15. The van der Waals surface area contributed by atoms with E-state index in [0.29, 0.717) is 0 Å². The number of aromatic nitrogens is 2. The van der Waals surface area contributed by atoms with E-state index in [0.717, 1.165) is 17.3 Å². The average molecular weight is 219 g/mol. The van der Waals surface area contributed by atoms with Crippen LogP contribution in [0.15, 0.2) is 18.2 Å². The number of nitrogens with one attached hydrogen (secondary N) is 1. The fraction of sp³-hybridized carbons (Fsp3) is 0.273. The summed E-state index contributed by atoms with van der Waals surface area (Å²) < 4.78 is 0. The van der Waals surface area contributed by atoms with Gasteiger partial charge in [0.25, 0.3) is 0 Å². The molecular formula is C11H13N3S. The first-order chi connectivity index (χ1) is 7.19. The molecule has 0 unspecified atom stereocenters. The standard InChI is InChI=1S/C11H13N3S/c1-7-4-5-10(15-7)9-6-11(12-3)14-8(2)13-9/h4-6H,1-3H3,(H,12,13,14). The Morgan fingerprint density at radius 1 is 1.20 bits per heavy atom. The summed E-state index contributed by atoms with van der Waals surface area (Å²) in [6, 6.07) is 6.18. The average Bonchev–Trinajstić information content (AvgIpc) is 2.64. The zero-order valence-corrected chi connectivity index (χ0v) is 9.85. The number of hydrogen-bond donors (Lipinski definition) is 1. The fourth-order valence-corrected chi connectivity index (χ4v) is 2.22. The van der Waals surface area contributed by atoms with Gasteiger partial charge >= 0.3 is 0 Å². The molecule has 0 aromatic carbocycles. The van der Waals surface area contributed by atoms with Gasteiger partial charge in [0.05, 0.1) is 10.6 Å². The molecule has 0 bridgehead atoms. The SMILES string of the molecule is CNc1cc(-c2ccc(C)s2)nc(C)n1. The topological polar surface area (TPSA) is 37.8 Å². The van der Waals surface area contributed by atoms with Crippen LogP contribution in [0.3, 0.4) is 0 Å². The maximum atomic E-state index is 4.42. The Balaban J connectivity index is 2.48. The Kier molecular flexibility index (Phi) is 2.68. The highest BCUT2D eigenvalue weighted by molar-refractivity contribution is 7.15. The number of anilines is 1. The van der Waals surface area contributed by atoms with Gasteiger partial charge in [-0.1, -0.05) is 0 Å². The van der Waals surface area contributed by atoms with E-state index < -0.39 is 0 Å². The van der Waals surface area contributed by atoms with Gasteiger partial charge in [-0.2, -0.15) is 0 Å². The molecule has 15 heavy (non-hydrogen) atoms. The van der Waals surface area contributed by atoms with Crippen molar-refractivity contribution in [1.82, 2.24) is 9.97 Å². The summed E-state index contributed by atoms with van der Waals surface area (Å²) in [5.74, 6) is 1.66. The highest BCUT2D eigenvalue weighted by Crippen LogP contribution is 2.27. The molecule has 4 heteroatoms. The predicted molar refractivity (Wildman–Crippen MR) is 64.4 cm³/mol. The number of hydrogen-bond acceptors (Lipinski definition) is 4. The van der Waals surface area contributed by atoms with Gasteiger partial charge in [0.1, 0.15) is 11.6 Å². The van der Waals surface area contributed by atoms with E-state index in [2.05, 4.69) is 34.3 Å². The molecule has 2 heterocycles. The van der Waals surface area contributed by atoms with E-state index in [1.54, 1.807) is 11.3 Å². The van der Waals surface area contributed by atoms with Crippen LogP contribution in [-0.4, -0.2) is 17.0 Å². The van der Waals surface area contributed by atoms with Crippen molar-refractivity contribution in [3.8, 4) is 10.6 Å². The lowest BCUT2D eigenvalue weighted by Gasteiger charge is -2.03. The minimum Gasteiger partial charge on any atom is -0.373 e. The second kappa shape index (κ2) is 3.98. The van der Waals surface area contributed by atoms with Gasteiger partial charge < -0.3 is 5.32 Å². The lowest BCUT2D eigenvalue weighted by Crippen LogP contribution is -1.97. The van der Waals surface area contributed by atoms with Crippen LogP contribution in [-0.2, 0) is 0 Å². The zero-order valence-electron chi connectivity index (χ0n) is 9.03. The molecule has 0 aliphatic heterocycles. The quantitative estimate of drug-likeness (QED) is 0.844. The van der Waals surface area contributed by atoms with Gasteiger partial charge in [0.2, 0.25) is 0 Å². The van der Waals surface area contributed by atoms with Gasteiger partial charge in [-0.15, -0.1) is 11.3 Å². The van der Waals surface area contributed by atoms with Crippen LogP contribution in [0, 0.1) is 13.8 Å². The third-order valence-corrected chi connectivity index (χ3v) is 3.11. The predicted octanol–water partition coefficient (Wildman–Crippen LogP) is 2.86. The van der Waals surface area contributed by atoms with E-state index in [-0.39, 0.29) is 0 Å². The highest BCUT2D eigenvalue weighted by atomic mass is 32.1. The largest absolute Gasteiger partial charge is 0.373 e. The molecule has 0 spiro atoms. The Hall–Kier alpha value is -1.42. The molecule has 0 saturated carbocycles. The molecule has 2 aromatic heterocycles. The maximum absolute atomic E-state index is 4.42. The van der Waals surface area contributed by atoms with Crippen LogP contribution in [0.2, 0.25) is 0 Å². The maximum Gasteiger partial charge on any atom is 0.130 e. The molecular weight excluding hydrogens is 206 g/mol. The number of aryl methyl sites for hydroxylation is 2. The first kappa shape index (κ1) is 10.1. The van der Waals surface area contributed by atoms with Crippen molar-refractivity contribution in [2.24, 2.45) is 0 Å². The van der Waals surface area contributed by atoms with Crippen molar-refractivity contribution in [1.29, 1.82) is 0 Å². The molecule has 1 N–H and O–H groups in total. The summed E-state index contributed by atoms with van der Waals surface area (Å²) >= 11 is 1.75. The molecule has 3 nitrogen and oxygen atoms in total. The molecule has 78 valence electrons. The summed E-state index contributed by atoms with van der Waals surface area (Å²) in [6.45, 7) is 4.01. The van der Waals surface area contributed by atoms with Crippen molar-refractivity contribution >= 4 is 17.2 Å². The van der Waals surface area contributed by atoms with Gasteiger partial charge in [0, 0.05) is 18.0 Å². The molecule has 0 fully saturated rings. The molecule has 2 rings (SSSR count). The Labute approximate surface area is 93.2 Å². The van der Waals surface area contributed by atoms with Crippen molar-refractivity contribution < 1.29 is 0 Å². The molecule has 0 radical (unpaired) electrons. The molecule has 0 saturated heterocycles. The molecule has 0 atom stereocenters. The van der Waals surface area contributed by atoms with Gasteiger partial charge in [-0.05, 0) is 26.0 Å². The number of nitrogens with zero attached hydrogens (tertiary/aromatic N) is 2. The molecule has 2 aromatic rings. The lowest BCUT2D eigenvalue weighted by molar-refractivity contribution is 1.06. The van der Waals surface area contributed by atoms with Crippen LogP contribution in [0.1, 0.15) is 10.7 Å². The third-order valence-electron chi connectivity index (χ3n) is 2.09. The first-order valence-corrected chi connectivity index (χ1v) is 5.61. The van der Waals surface area contributed by atoms with E-state index in [9.17, 15) is 0 Å². The lowest BCUT2D eigenvalue weighted by atomic mass is 10.3. The first-order valence-electron chi connectivity index (χ1n) is 4.79. The molecule has 0 aliphatic rings.